The van der Waals surface area contributed by atoms with Crippen molar-refractivity contribution in [1.29, 1.82) is 0 Å². The Balaban J connectivity index is 2.05. The summed E-state index contributed by atoms with van der Waals surface area (Å²) in [4.78, 5) is 4.27. The Morgan fingerprint density at radius 3 is 2.95 bits per heavy atom. The molecule has 0 spiro atoms. The van der Waals surface area contributed by atoms with E-state index in [0.29, 0.717) is 29.9 Å². The number of anilines is 3. The maximum atomic E-state index is 6.05. The SMILES string of the molecule is COCCNc1cnnc(Nc2ccccc2Cl)n1. The number of para-hydroxylation sites is 1. The van der Waals surface area contributed by atoms with Gasteiger partial charge in [0, 0.05) is 13.7 Å². The van der Waals surface area contributed by atoms with E-state index in [9.17, 15) is 0 Å². The third kappa shape index (κ3) is 4.04. The number of nitrogens with one attached hydrogen (secondary N) is 2. The summed E-state index contributed by atoms with van der Waals surface area (Å²) in [7, 11) is 1.64. The second-order valence-corrected chi connectivity index (χ2v) is 4.10. The molecule has 0 bridgehead atoms. The lowest BCUT2D eigenvalue weighted by Crippen LogP contribution is -2.10. The van der Waals surface area contributed by atoms with Gasteiger partial charge < -0.3 is 15.4 Å². The molecule has 0 radical (unpaired) electrons. The topological polar surface area (TPSA) is 72.0 Å². The Morgan fingerprint density at radius 2 is 2.16 bits per heavy atom. The van der Waals surface area contributed by atoms with E-state index in [1.807, 2.05) is 18.2 Å². The largest absolute Gasteiger partial charge is 0.383 e. The lowest BCUT2D eigenvalue weighted by atomic mass is 10.3. The molecule has 2 aromatic rings. The molecule has 0 saturated heterocycles. The van der Waals surface area contributed by atoms with Gasteiger partial charge in [0.15, 0.2) is 5.82 Å². The molecule has 0 aliphatic rings. The van der Waals surface area contributed by atoms with Crippen LogP contribution in [-0.4, -0.2) is 35.4 Å². The van der Waals surface area contributed by atoms with Crippen molar-refractivity contribution >= 4 is 29.1 Å². The maximum absolute atomic E-state index is 6.05. The minimum Gasteiger partial charge on any atom is -0.383 e. The third-order valence-electron chi connectivity index (χ3n) is 2.29. The van der Waals surface area contributed by atoms with E-state index in [1.165, 1.54) is 0 Å². The van der Waals surface area contributed by atoms with E-state index in [0.717, 1.165) is 5.69 Å². The molecule has 0 aliphatic carbocycles. The van der Waals surface area contributed by atoms with Gasteiger partial charge in [-0.1, -0.05) is 23.7 Å². The molecule has 19 heavy (non-hydrogen) atoms. The minimum absolute atomic E-state index is 0.385. The van der Waals surface area contributed by atoms with Crippen LogP contribution in [0, 0.1) is 0 Å². The first-order valence-corrected chi connectivity index (χ1v) is 6.11. The van der Waals surface area contributed by atoms with Crippen LogP contribution in [0.3, 0.4) is 0 Å². The van der Waals surface area contributed by atoms with Crippen LogP contribution in [0.1, 0.15) is 0 Å². The zero-order chi connectivity index (χ0) is 13.5. The highest BCUT2D eigenvalue weighted by Crippen LogP contribution is 2.23. The highest BCUT2D eigenvalue weighted by atomic mass is 35.5. The van der Waals surface area contributed by atoms with Crippen molar-refractivity contribution in [3.63, 3.8) is 0 Å². The van der Waals surface area contributed by atoms with Crippen molar-refractivity contribution in [1.82, 2.24) is 15.2 Å². The summed E-state index contributed by atoms with van der Waals surface area (Å²) in [5.74, 6) is 1.01. The second kappa shape index (κ2) is 6.86. The summed E-state index contributed by atoms with van der Waals surface area (Å²) in [6.07, 6.45) is 1.55. The van der Waals surface area contributed by atoms with E-state index in [1.54, 1.807) is 19.4 Å². The quantitative estimate of drug-likeness (QED) is 0.791. The van der Waals surface area contributed by atoms with Gasteiger partial charge in [0.1, 0.15) is 0 Å². The smallest absolute Gasteiger partial charge is 0.249 e. The molecule has 2 rings (SSSR count). The minimum atomic E-state index is 0.385. The zero-order valence-corrected chi connectivity index (χ0v) is 11.2. The van der Waals surface area contributed by atoms with E-state index in [-0.39, 0.29) is 0 Å². The summed E-state index contributed by atoms with van der Waals surface area (Å²) in [5, 5.41) is 14.5. The van der Waals surface area contributed by atoms with Gasteiger partial charge >= 0.3 is 0 Å². The molecule has 0 saturated carbocycles. The predicted molar refractivity (Wildman–Crippen MR) is 74.9 cm³/mol. The van der Waals surface area contributed by atoms with E-state index < -0.39 is 0 Å². The van der Waals surface area contributed by atoms with Crippen LogP contribution in [0.4, 0.5) is 17.5 Å². The summed E-state index contributed by atoms with van der Waals surface area (Å²) in [6.45, 7) is 1.25. The van der Waals surface area contributed by atoms with Crippen molar-refractivity contribution in [2.45, 2.75) is 0 Å². The van der Waals surface area contributed by atoms with Crippen molar-refractivity contribution in [2.75, 3.05) is 30.9 Å². The molecule has 7 heteroatoms. The van der Waals surface area contributed by atoms with Gasteiger partial charge in [-0.2, -0.15) is 10.1 Å². The van der Waals surface area contributed by atoms with Crippen molar-refractivity contribution in [3.8, 4) is 0 Å². The van der Waals surface area contributed by atoms with Crippen LogP contribution >= 0.6 is 11.6 Å². The van der Waals surface area contributed by atoms with Crippen LogP contribution in [-0.2, 0) is 4.74 Å². The molecule has 2 N–H and O–H groups in total. The molecule has 100 valence electrons. The van der Waals surface area contributed by atoms with Crippen molar-refractivity contribution in [2.24, 2.45) is 0 Å². The lowest BCUT2D eigenvalue weighted by molar-refractivity contribution is 0.210. The average Bonchev–Trinajstić information content (AvgIpc) is 2.42. The van der Waals surface area contributed by atoms with Gasteiger partial charge in [-0.3, -0.25) is 0 Å². The van der Waals surface area contributed by atoms with Crippen LogP contribution in [0.2, 0.25) is 5.02 Å². The summed E-state index contributed by atoms with van der Waals surface area (Å²) in [6, 6.07) is 7.37. The molecular formula is C12H14ClN5O. The van der Waals surface area contributed by atoms with E-state index in [4.69, 9.17) is 16.3 Å². The fraction of sp³-hybridized carbons (Fsp3) is 0.250. The van der Waals surface area contributed by atoms with E-state index >= 15 is 0 Å². The fourth-order valence-electron chi connectivity index (χ4n) is 1.41. The Bertz CT molecular complexity index is 537. The average molecular weight is 280 g/mol. The summed E-state index contributed by atoms with van der Waals surface area (Å²) in [5.41, 5.74) is 0.736. The van der Waals surface area contributed by atoms with Gasteiger partial charge in [-0.05, 0) is 12.1 Å². The molecule has 1 aromatic heterocycles. The number of hydrogen-bond donors (Lipinski definition) is 2. The summed E-state index contributed by atoms with van der Waals surface area (Å²) >= 11 is 6.05. The normalized spacial score (nSPS) is 10.2. The number of rotatable bonds is 6. The van der Waals surface area contributed by atoms with Crippen LogP contribution in [0.5, 0.6) is 0 Å². The molecular weight excluding hydrogens is 266 g/mol. The number of methoxy groups -OCH3 is 1. The molecule has 1 aromatic carbocycles. The fourth-order valence-corrected chi connectivity index (χ4v) is 1.59. The van der Waals surface area contributed by atoms with Crippen molar-refractivity contribution < 1.29 is 4.74 Å². The second-order valence-electron chi connectivity index (χ2n) is 3.69. The first-order valence-electron chi connectivity index (χ1n) is 5.73. The van der Waals surface area contributed by atoms with Crippen LogP contribution < -0.4 is 10.6 Å². The standard InChI is InChI=1S/C12H14ClN5O/c1-19-7-6-14-11-8-15-18-12(17-11)16-10-5-3-2-4-9(10)13/h2-5,8H,6-7H2,1H3,(H2,14,16,17,18). The Hall–Kier alpha value is -1.92. The van der Waals surface area contributed by atoms with Gasteiger partial charge in [-0.15, -0.1) is 5.10 Å². The molecule has 0 amide bonds. The highest BCUT2D eigenvalue weighted by molar-refractivity contribution is 6.33. The molecule has 0 atom stereocenters. The number of benzene rings is 1. The highest BCUT2D eigenvalue weighted by Gasteiger charge is 2.03. The number of halogens is 1. The van der Waals surface area contributed by atoms with E-state index in [2.05, 4.69) is 25.8 Å². The number of aromatic nitrogens is 3. The number of ether oxygens (including phenoxy) is 1. The monoisotopic (exact) mass is 279 g/mol. The molecule has 6 nitrogen and oxygen atoms in total. The Morgan fingerprint density at radius 1 is 1.32 bits per heavy atom. The molecule has 0 aliphatic heterocycles. The molecule has 1 heterocycles. The van der Waals surface area contributed by atoms with Crippen LogP contribution in [0.15, 0.2) is 30.5 Å². The van der Waals surface area contributed by atoms with Crippen LogP contribution in [0.25, 0.3) is 0 Å². The number of hydrogen-bond acceptors (Lipinski definition) is 6. The molecule has 0 unspecified atom stereocenters. The maximum Gasteiger partial charge on any atom is 0.249 e. The predicted octanol–water partition coefficient (Wildman–Crippen LogP) is 2.33. The van der Waals surface area contributed by atoms with Gasteiger partial charge in [0.25, 0.3) is 0 Å². The Kier molecular flexibility index (Phi) is 4.88. The molecule has 0 fully saturated rings. The summed E-state index contributed by atoms with van der Waals surface area (Å²) < 4.78 is 4.95. The van der Waals surface area contributed by atoms with Gasteiger partial charge in [0.05, 0.1) is 23.5 Å². The first-order chi connectivity index (χ1) is 9.29. The van der Waals surface area contributed by atoms with Gasteiger partial charge in [-0.25, -0.2) is 0 Å². The Labute approximate surface area is 116 Å². The van der Waals surface area contributed by atoms with Gasteiger partial charge in [0.2, 0.25) is 5.95 Å². The van der Waals surface area contributed by atoms with Crippen molar-refractivity contribution in [3.05, 3.63) is 35.5 Å². The zero-order valence-electron chi connectivity index (χ0n) is 10.4. The number of nitrogens with zero attached hydrogens (tertiary/aromatic N) is 3. The third-order valence-corrected chi connectivity index (χ3v) is 2.62. The first kappa shape index (κ1) is 13.5. The lowest BCUT2D eigenvalue weighted by Gasteiger charge is -2.08.